The van der Waals surface area contributed by atoms with Crippen LogP contribution >= 0.6 is 0 Å². The van der Waals surface area contributed by atoms with Crippen molar-refractivity contribution in [1.82, 2.24) is 20.2 Å². The summed E-state index contributed by atoms with van der Waals surface area (Å²) in [6, 6.07) is 4.58. The number of carbonyl (C=O) groups is 1. The highest BCUT2D eigenvalue weighted by Crippen LogP contribution is 2.35. The van der Waals surface area contributed by atoms with Crippen molar-refractivity contribution in [2.45, 2.75) is 31.5 Å². The fourth-order valence-electron chi connectivity index (χ4n) is 4.02. The van der Waals surface area contributed by atoms with E-state index in [1.54, 1.807) is 0 Å². The molecule has 3 N–H and O–H groups in total. The third-order valence-electron chi connectivity index (χ3n) is 5.71. The monoisotopic (exact) mass is 514 g/mol. The summed E-state index contributed by atoms with van der Waals surface area (Å²) in [5, 5.41) is 13.8. The fraction of sp³-hybridized carbons (Fsp3) is 0.391. The summed E-state index contributed by atoms with van der Waals surface area (Å²) in [6.07, 6.45) is -2.60. The molecule has 0 aliphatic carbocycles. The quantitative estimate of drug-likeness (QED) is 0.381. The molecule has 0 saturated carbocycles. The molecular weight excluding hydrogens is 490 g/mol. The van der Waals surface area contributed by atoms with Gasteiger partial charge in [0.2, 0.25) is 0 Å². The Morgan fingerprint density at radius 3 is 2.53 bits per heavy atom. The van der Waals surface area contributed by atoms with Crippen molar-refractivity contribution in [2.75, 3.05) is 25.5 Å². The normalized spacial score (nSPS) is 20.1. The molecule has 1 amide bonds. The van der Waals surface area contributed by atoms with Crippen LogP contribution in [0.4, 0.5) is 32.2 Å². The molecule has 2 unspecified atom stereocenters. The minimum Gasteiger partial charge on any atom is -0.393 e. The van der Waals surface area contributed by atoms with E-state index in [1.165, 1.54) is 38.4 Å². The Bertz CT molecular complexity index is 1130. The van der Waals surface area contributed by atoms with Crippen LogP contribution in [0.25, 0.3) is 5.57 Å². The third kappa shape index (κ3) is 6.13. The van der Waals surface area contributed by atoms with E-state index < -0.39 is 60.2 Å². The second-order valence-electron chi connectivity index (χ2n) is 8.40. The van der Waals surface area contributed by atoms with Crippen LogP contribution in [0.15, 0.2) is 42.9 Å². The SMILES string of the molecule is CN/C=C(\C(=N)C(=O)N1CC(F)(F)CC(C)C1CNc1cnc(C(F)(F)F)cn1)c1ccccc1F. The molecule has 1 aromatic heterocycles. The van der Waals surface area contributed by atoms with Crippen molar-refractivity contribution in [1.29, 1.82) is 5.41 Å². The van der Waals surface area contributed by atoms with E-state index in [4.69, 9.17) is 5.41 Å². The van der Waals surface area contributed by atoms with Crippen LogP contribution in [0.5, 0.6) is 0 Å². The average Bonchev–Trinajstić information content (AvgIpc) is 2.80. The van der Waals surface area contributed by atoms with Crippen LogP contribution < -0.4 is 10.6 Å². The van der Waals surface area contributed by atoms with Gasteiger partial charge in [0.15, 0.2) is 5.69 Å². The van der Waals surface area contributed by atoms with Crippen molar-refractivity contribution >= 4 is 23.0 Å². The number of halogens is 6. The second kappa shape index (κ2) is 10.5. The van der Waals surface area contributed by atoms with Gasteiger partial charge in [0.05, 0.1) is 25.0 Å². The predicted octanol–water partition coefficient (Wildman–Crippen LogP) is 4.20. The summed E-state index contributed by atoms with van der Waals surface area (Å²) in [5.41, 5.74) is -2.07. The van der Waals surface area contributed by atoms with Gasteiger partial charge >= 0.3 is 6.18 Å². The molecule has 2 atom stereocenters. The highest BCUT2D eigenvalue weighted by atomic mass is 19.4. The number of piperidine rings is 1. The molecule has 2 aromatic rings. The van der Waals surface area contributed by atoms with E-state index >= 15 is 0 Å². The van der Waals surface area contributed by atoms with Crippen LogP contribution in [-0.4, -0.2) is 58.6 Å². The molecule has 0 radical (unpaired) electrons. The first-order chi connectivity index (χ1) is 16.8. The first-order valence-electron chi connectivity index (χ1n) is 10.9. The number of carbonyl (C=O) groups excluding carboxylic acids is 1. The van der Waals surface area contributed by atoms with Gasteiger partial charge in [-0.15, -0.1) is 0 Å². The highest BCUT2D eigenvalue weighted by molar-refractivity contribution is 6.54. The van der Waals surface area contributed by atoms with Gasteiger partial charge in [-0.2, -0.15) is 13.2 Å². The van der Waals surface area contributed by atoms with E-state index in [0.29, 0.717) is 6.20 Å². The molecule has 13 heteroatoms. The van der Waals surface area contributed by atoms with Gasteiger partial charge in [-0.25, -0.2) is 23.1 Å². The van der Waals surface area contributed by atoms with E-state index in [0.717, 1.165) is 17.2 Å². The first kappa shape index (κ1) is 27.0. The number of benzene rings is 1. The maximum absolute atomic E-state index is 14.5. The van der Waals surface area contributed by atoms with Crippen molar-refractivity contribution in [2.24, 2.45) is 5.92 Å². The highest BCUT2D eigenvalue weighted by Gasteiger charge is 2.47. The van der Waals surface area contributed by atoms with Gasteiger partial charge in [-0.05, 0) is 12.0 Å². The average molecular weight is 514 g/mol. The second-order valence-corrected chi connectivity index (χ2v) is 8.40. The predicted molar refractivity (Wildman–Crippen MR) is 121 cm³/mol. The number of likely N-dealkylation sites (tertiary alicyclic amines) is 1. The summed E-state index contributed by atoms with van der Waals surface area (Å²) in [7, 11) is 1.48. The zero-order valence-corrected chi connectivity index (χ0v) is 19.3. The van der Waals surface area contributed by atoms with Crippen LogP contribution in [0.1, 0.15) is 24.6 Å². The molecule has 1 fully saturated rings. The number of aromatic nitrogens is 2. The van der Waals surface area contributed by atoms with E-state index in [1.807, 2.05) is 0 Å². The Labute approximate surface area is 203 Å². The van der Waals surface area contributed by atoms with Crippen LogP contribution in [0.2, 0.25) is 0 Å². The number of hydrogen-bond donors (Lipinski definition) is 3. The number of nitrogens with zero attached hydrogens (tertiary/aromatic N) is 3. The Balaban J connectivity index is 1.85. The van der Waals surface area contributed by atoms with Crippen LogP contribution in [0.3, 0.4) is 0 Å². The molecule has 1 aliphatic heterocycles. The molecule has 2 heterocycles. The first-order valence-corrected chi connectivity index (χ1v) is 10.9. The molecule has 7 nitrogen and oxygen atoms in total. The largest absolute Gasteiger partial charge is 0.434 e. The zero-order chi connectivity index (χ0) is 26.7. The molecule has 0 spiro atoms. The Morgan fingerprint density at radius 2 is 1.94 bits per heavy atom. The molecule has 194 valence electrons. The summed E-state index contributed by atoms with van der Waals surface area (Å²) in [4.78, 5) is 21.1. The Kier molecular flexibility index (Phi) is 7.89. The van der Waals surface area contributed by atoms with Gasteiger partial charge in [0, 0.05) is 37.3 Å². The third-order valence-corrected chi connectivity index (χ3v) is 5.71. The van der Waals surface area contributed by atoms with Crippen molar-refractivity contribution < 1.29 is 31.1 Å². The number of nitrogens with one attached hydrogen (secondary N) is 3. The number of alkyl halides is 5. The summed E-state index contributed by atoms with van der Waals surface area (Å²) >= 11 is 0. The molecule has 1 aromatic carbocycles. The summed E-state index contributed by atoms with van der Waals surface area (Å²) in [5.74, 6) is -5.77. The van der Waals surface area contributed by atoms with Crippen LogP contribution in [0, 0.1) is 17.1 Å². The molecule has 1 saturated heterocycles. The maximum atomic E-state index is 14.5. The maximum Gasteiger partial charge on any atom is 0.434 e. The lowest BCUT2D eigenvalue weighted by atomic mass is 9.87. The minimum atomic E-state index is -4.67. The molecule has 1 aliphatic rings. The number of amides is 1. The standard InChI is InChI=1S/C23H24F6N6O/c1-13-7-22(25,26)12-35(17(13)9-33-19-11-32-18(10-34-19)23(27,28)29)21(36)20(30)15(8-31-2)14-5-3-4-6-16(14)24/h3-6,8,10-11,13,17,30-31H,7,9,12H2,1-2H3,(H,33,34)/b15-8-,30-20?. The molecule has 36 heavy (non-hydrogen) atoms. The van der Waals surface area contributed by atoms with Gasteiger partial charge in [0.25, 0.3) is 11.8 Å². The lowest BCUT2D eigenvalue weighted by molar-refractivity contribution is -0.145. The van der Waals surface area contributed by atoms with Crippen molar-refractivity contribution in [3.63, 3.8) is 0 Å². The molecule has 0 bridgehead atoms. The van der Waals surface area contributed by atoms with Crippen molar-refractivity contribution in [3.05, 3.63) is 59.9 Å². The Morgan fingerprint density at radius 1 is 1.25 bits per heavy atom. The number of rotatable bonds is 7. The van der Waals surface area contributed by atoms with E-state index in [9.17, 15) is 31.1 Å². The van der Waals surface area contributed by atoms with E-state index in [2.05, 4.69) is 20.6 Å². The van der Waals surface area contributed by atoms with Crippen LogP contribution in [-0.2, 0) is 11.0 Å². The lowest BCUT2D eigenvalue weighted by Gasteiger charge is -2.43. The topological polar surface area (TPSA) is 94.0 Å². The lowest BCUT2D eigenvalue weighted by Crippen LogP contribution is -2.58. The molecular formula is C23H24F6N6O. The van der Waals surface area contributed by atoms with Gasteiger partial charge < -0.3 is 15.5 Å². The fourth-order valence-corrected chi connectivity index (χ4v) is 4.02. The zero-order valence-electron chi connectivity index (χ0n) is 19.3. The van der Waals surface area contributed by atoms with Crippen molar-refractivity contribution in [3.8, 4) is 0 Å². The van der Waals surface area contributed by atoms with Gasteiger partial charge in [-0.1, -0.05) is 25.1 Å². The summed E-state index contributed by atoms with van der Waals surface area (Å²) in [6.45, 7) is 0.387. The van der Waals surface area contributed by atoms with E-state index in [-0.39, 0.29) is 23.5 Å². The number of hydrogen-bond acceptors (Lipinski definition) is 6. The van der Waals surface area contributed by atoms with Gasteiger partial charge in [0.1, 0.15) is 17.3 Å². The summed E-state index contributed by atoms with van der Waals surface area (Å²) < 4.78 is 81.5. The smallest absolute Gasteiger partial charge is 0.393 e. The minimum absolute atomic E-state index is 0.0443. The number of anilines is 1. The molecule has 3 rings (SSSR count). The van der Waals surface area contributed by atoms with Gasteiger partial charge in [-0.3, -0.25) is 10.2 Å². The Hall–Kier alpha value is -3.64.